The molecule has 0 spiro atoms. The number of halogens is 3. The molecule has 2 nitrogen and oxygen atoms in total. The highest BCUT2D eigenvalue weighted by Crippen LogP contribution is 2.30. The Kier molecular flexibility index (Phi) is 6.79. The molecular formula is C29H20F3NO. The number of carbonyl (C=O) groups excluding carboxylic acids is 1. The fourth-order valence-electron chi connectivity index (χ4n) is 3.47. The van der Waals surface area contributed by atoms with E-state index in [0.29, 0.717) is 11.3 Å². The lowest BCUT2D eigenvalue weighted by molar-refractivity contribution is -0.137. The van der Waals surface area contributed by atoms with Crippen LogP contribution in [0.1, 0.15) is 32.6 Å². The topological polar surface area (TPSA) is 20.3 Å². The monoisotopic (exact) mass is 455 g/mol. The minimum atomic E-state index is -4.47. The van der Waals surface area contributed by atoms with Gasteiger partial charge in [0.05, 0.1) is 17.8 Å². The van der Waals surface area contributed by atoms with E-state index >= 15 is 0 Å². The predicted molar refractivity (Wildman–Crippen MR) is 127 cm³/mol. The van der Waals surface area contributed by atoms with Crippen LogP contribution in [0.2, 0.25) is 0 Å². The molecule has 4 rings (SSSR count). The molecule has 4 aromatic carbocycles. The third-order valence-corrected chi connectivity index (χ3v) is 5.20. The minimum Gasteiger partial charge on any atom is -0.303 e. The number of hydrogen-bond donors (Lipinski definition) is 0. The molecule has 5 heteroatoms. The third kappa shape index (κ3) is 5.54. The van der Waals surface area contributed by atoms with E-state index in [0.717, 1.165) is 23.3 Å². The zero-order chi connectivity index (χ0) is 24.0. The molecule has 0 aliphatic carbocycles. The fraction of sp³-hybridized carbons (Fsp3) is 0.0690. The van der Waals surface area contributed by atoms with Crippen LogP contribution in [0.25, 0.3) is 0 Å². The molecule has 1 amide bonds. The van der Waals surface area contributed by atoms with Gasteiger partial charge < -0.3 is 4.90 Å². The van der Waals surface area contributed by atoms with Crippen LogP contribution >= 0.6 is 0 Å². The first-order valence-corrected chi connectivity index (χ1v) is 10.6. The average molecular weight is 455 g/mol. The van der Waals surface area contributed by atoms with E-state index < -0.39 is 17.6 Å². The van der Waals surface area contributed by atoms with E-state index in [1.54, 1.807) is 17.0 Å². The summed E-state index contributed by atoms with van der Waals surface area (Å²) in [6.45, 7) is 0.241. The van der Waals surface area contributed by atoms with E-state index in [2.05, 4.69) is 11.8 Å². The third-order valence-electron chi connectivity index (χ3n) is 5.20. The molecule has 0 fully saturated rings. The molecule has 0 aromatic heterocycles. The van der Waals surface area contributed by atoms with E-state index in [9.17, 15) is 18.0 Å². The summed E-state index contributed by atoms with van der Waals surface area (Å²) >= 11 is 0. The summed E-state index contributed by atoms with van der Waals surface area (Å²) in [6, 6.07) is 30.4. The van der Waals surface area contributed by atoms with Crippen molar-refractivity contribution in [3.05, 3.63) is 137 Å². The van der Waals surface area contributed by atoms with E-state index in [4.69, 9.17) is 0 Å². The van der Waals surface area contributed by atoms with Gasteiger partial charge in [-0.25, -0.2) is 0 Å². The SMILES string of the molecule is O=C(c1ccc(C(F)(F)F)cc1)N(Cc1ccccc1)c1ccccc1C#Cc1ccccc1. The molecule has 0 atom stereocenters. The second-order valence-corrected chi connectivity index (χ2v) is 7.59. The van der Waals surface area contributed by atoms with Gasteiger partial charge in [-0.1, -0.05) is 72.5 Å². The number of nitrogens with zero attached hydrogens (tertiary/aromatic N) is 1. The quantitative estimate of drug-likeness (QED) is 0.305. The second kappa shape index (κ2) is 10.1. The first-order valence-electron chi connectivity index (χ1n) is 10.6. The average Bonchev–Trinajstić information content (AvgIpc) is 2.87. The molecule has 0 radical (unpaired) electrons. The number of amides is 1. The molecule has 34 heavy (non-hydrogen) atoms. The van der Waals surface area contributed by atoms with Crippen molar-refractivity contribution in [3.8, 4) is 11.8 Å². The number of alkyl halides is 3. The smallest absolute Gasteiger partial charge is 0.303 e. The number of benzene rings is 4. The summed E-state index contributed by atoms with van der Waals surface area (Å²) in [4.78, 5) is 15.1. The summed E-state index contributed by atoms with van der Waals surface area (Å²) in [5, 5.41) is 0. The van der Waals surface area contributed by atoms with Crippen molar-refractivity contribution in [2.75, 3.05) is 4.90 Å². The minimum absolute atomic E-state index is 0.162. The van der Waals surface area contributed by atoms with Gasteiger partial charge in [-0.05, 0) is 54.1 Å². The van der Waals surface area contributed by atoms with Crippen molar-refractivity contribution < 1.29 is 18.0 Å². The Balaban J connectivity index is 1.74. The van der Waals surface area contributed by atoms with E-state index in [-0.39, 0.29) is 12.1 Å². The van der Waals surface area contributed by atoms with Gasteiger partial charge >= 0.3 is 6.18 Å². The molecule has 0 bridgehead atoms. The first-order chi connectivity index (χ1) is 16.4. The van der Waals surface area contributed by atoms with Gasteiger partial charge in [0.15, 0.2) is 0 Å². The Bertz CT molecular complexity index is 1320. The van der Waals surface area contributed by atoms with Crippen molar-refractivity contribution in [1.82, 2.24) is 0 Å². The van der Waals surface area contributed by atoms with Crippen molar-refractivity contribution >= 4 is 11.6 Å². The summed E-state index contributed by atoms with van der Waals surface area (Å²) in [6.07, 6.45) is -4.47. The van der Waals surface area contributed by atoms with Gasteiger partial charge in [0.1, 0.15) is 0 Å². The molecule has 0 aliphatic rings. The lowest BCUT2D eigenvalue weighted by Crippen LogP contribution is -2.31. The van der Waals surface area contributed by atoms with Crippen molar-refractivity contribution in [3.63, 3.8) is 0 Å². The fourth-order valence-corrected chi connectivity index (χ4v) is 3.47. The Hall–Kier alpha value is -4.30. The second-order valence-electron chi connectivity index (χ2n) is 7.59. The van der Waals surface area contributed by atoms with Crippen LogP contribution in [0.4, 0.5) is 18.9 Å². The van der Waals surface area contributed by atoms with Crippen LogP contribution < -0.4 is 4.90 Å². The van der Waals surface area contributed by atoms with Crippen LogP contribution in [-0.4, -0.2) is 5.91 Å². The molecule has 0 saturated carbocycles. The van der Waals surface area contributed by atoms with Gasteiger partial charge in [0.25, 0.3) is 5.91 Å². The van der Waals surface area contributed by atoms with Gasteiger partial charge in [-0.2, -0.15) is 13.2 Å². The number of para-hydroxylation sites is 1. The molecule has 168 valence electrons. The van der Waals surface area contributed by atoms with Crippen LogP contribution in [0, 0.1) is 11.8 Å². The zero-order valence-electron chi connectivity index (χ0n) is 18.1. The Morgan fingerprint density at radius 3 is 1.94 bits per heavy atom. The maximum Gasteiger partial charge on any atom is 0.416 e. The zero-order valence-corrected chi connectivity index (χ0v) is 18.1. The van der Waals surface area contributed by atoms with E-state index in [1.165, 1.54) is 12.1 Å². The van der Waals surface area contributed by atoms with Crippen LogP contribution in [-0.2, 0) is 12.7 Å². The first kappa shape index (κ1) is 22.9. The van der Waals surface area contributed by atoms with Crippen LogP contribution in [0.3, 0.4) is 0 Å². The number of carbonyl (C=O) groups is 1. The Labute approximate surface area is 196 Å². The maximum absolute atomic E-state index is 13.5. The van der Waals surface area contributed by atoms with Gasteiger partial charge in [0, 0.05) is 16.7 Å². The number of hydrogen-bond acceptors (Lipinski definition) is 1. The van der Waals surface area contributed by atoms with E-state index in [1.807, 2.05) is 72.8 Å². The van der Waals surface area contributed by atoms with Crippen molar-refractivity contribution in [2.24, 2.45) is 0 Å². The van der Waals surface area contributed by atoms with Crippen LogP contribution in [0.15, 0.2) is 109 Å². The number of anilines is 1. The highest BCUT2D eigenvalue weighted by Gasteiger charge is 2.30. The summed E-state index contributed by atoms with van der Waals surface area (Å²) < 4.78 is 39.0. The molecule has 4 aromatic rings. The molecule has 0 aliphatic heterocycles. The lowest BCUT2D eigenvalue weighted by atomic mass is 10.1. The van der Waals surface area contributed by atoms with Gasteiger partial charge in [-0.3, -0.25) is 4.79 Å². The van der Waals surface area contributed by atoms with Gasteiger partial charge in [-0.15, -0.1) is 0 Å². The van der Waals surface area contributed by atoms with Crippen molar-refractivity contribution in [2.45, 2.75) is 12.7 Å². The van der Waals surface area contributed by atoms with Crippen LogP contribution in [0.5, 0.6) is 0 Å². The Morgan fingerprint density at radius 1 is 0.706 bits per heavy atom. The summed E-state index contributed by atoms with van der Waals surface area (Å²) in [5.74, 6) is 5.84. The Morgan fingerprint density at radius 2 is 1.29 bits per heavy atom. The molecule has 0 saturated heterocycles. The molecule has 0 heterocycles. The lowest BCUT2D eigenvalue weighted by Gasteiger charge is -2.24. The van der Waals surface area contributed by atoms with Gasteiger partial charge in [0.2, 0.25) is 0 Å². The highest BCUT2D eigenvalue weighted by molar-refractivity contribution is 6.06. The molecule has 0 unspecified atom stereocenters. The largest absolute Gasteiger partial charge is 0.416 e. The predicted octanol–water partition coefficient (Wildman–Crippen LogP) is 6.95. The summed E-state index contributed by atoms with van der Waals surface area (Å²) in [5.41, 5.74) is 2.30. The highest BCUT2D eigenvalue weighted by atomic mass is 19.4. The molecule has 0 N–H and O–H groups in total. The maximum atomic E-state index is 13.5. The normalized spacial score (nSPS) is 10.8. The molecular weight excluding hydrogens is 435 g/mol. The standard InChI is InChI=1S/C29H20F3NO/c30-29(31,32)26-19-17-25(18-20-26)28(34)33(21-23-11-5-2-6-12-23)27-14-8-7-13-24(27)16-15-22-9-3-1-4-10-22/h1-14,17-20H,21H2. The van der Waals surface area contributed by atoms with Crippen molar-refractivity contribution in [1.29, 1.82) is 0 Å². The summed E-state index contributed by atoms with van der Waals surface area (Å²) in [7, 11) is 0. The number of rotatable bonds is 4.